The fourth-order valence-corrected chi connectivity index (χ4v) is 4.60. The summed E-state index contributed by atoms with van der Waals surface area (Å²) in [5.41, 5.74) is 1.46. The van der Waals surface area contributed by atoms with Crippen molar-refractivity contribution in [2.24, 2.45) is 0 Å². The largest absolute Gasteiger partial charge is 0.291 e. The maximum absolute atomic E-state index is 2.65. The molecular weight excluding hydrogens is 290 g/mol. The molecule has 3 rings (SSSR count). The smallest absolute Gasteiger partial charge is 0.0775 e. The van der Waals surface area contributed by atoms with E-state index in [1.165, 1.54) is 23.3 Å². The molecule has 1 aliphatic carbocycles. The number of rotatable bonds is 6. The van der Waals surface area contributed by atoms with Crippen LogP contribution in [0.4, 0.5) is 0 Å². The molecule has 0 amide bonds. The molecule has 1 fully saturated rings. The summed E-state index contributed by atoms with van der Waals surface area (Å²) in [4.78, 5) is 4.13. The van der Waals surface area contributed by atoms with E-state index in [0.717, 1.165) is 19.1 Å². The predicted octanol–water partition coefficient (Wildman–Crippen LogP) is 4.46. The summed E-state index contributed by atoms with van der Waals surface area (Å²) in [6.45, 7) is 9.44. The number of thiophene rings is 1. The fraction of sp³-hybridized carbons (Fsp3) is 0.444. The van der Waals surface area contributed by atoms with Crippen molar-refractivity contribution in [1.82, 2.24) is 4.90 Å². The Labute approximate surface area is 133 Å². The van der Waals surface area contributed by atoms with Gasteiger partial charge < -0.3 is 0 Å². The molecule has 0 radical (unpaired) electrons. The standard InChI is InChI=1S/C18H25NSSi/c1-21(2,3)18-10-6-15(7-11-18)13-19(16-8-9-16)14-17-5-4-12-20-17/h4-7,10-12,16H,8-9,13-14H2,1-3H3. The van der Waals surface area contributed by atoms with Gasteiger partial charge in [0.15, 0.2) is 0 Å². The van der Waals surface area contributed by atoms with Gasteiger partial charge in [-0.25, -0.2) is 0 Å². The van der Waals surface area contributed by atoms with Gasteiger partial charge in [-0.2, -0.15) is 0 Å². The van der Waals surface area contributed by atoms with Crippen molar-refractivity contribution >= 4 is 24.6 Å². The highest BCUT2D eigenvalue weighted by Crippen LogP contribution is 2.30. The van der Waals surface area contributed by atoms with Crippen LogP contribution in [0.25, 0.3) is 0 Å². The molecule has 1 aliphatic rings. The minimum atomic E-state index is -1.17. The summed E-state index contributed by atoms with van der Waals surface area (Å²) in [5.74, 6) is 0. The molecule has 3 heteroatoms. The summed E-state index contributed by atoms with van der Waals surface area (Å²) in [7, 11) is -1.17. The van der Waals surface area contributed by atoms with Gasteiger partial charge in [0, 0.05) is 24.0 Å². The Morgan fingerprint density at radius 3 is 2.29 bits per heavy atom. The molecule has 1 heterocycles. The average Bonchev–Trinajstić information content (AvgIpc) is 3.16. The zero-order valence-electron chi connectivity index (χ0n) is 13.3. The van der Waals surface area contributed by atoms with Crippen LogP contribution in [0.15, 0.2) is 41.8 Å². The minimum absolute atomic E-state index is 0.809. The quantitative estimate of drug-likeness (QED) is 0.712. The lowest BCUT2D eigenvalue weighted by Gasteiger charge is -2.22. The Balaban J connectivity index is 1.68. The summed E-state index contributed by atoms with van der Waals surface area (Å²) in [5, 5.41) is 3.74. The van der Waals surface area contributed by atoms with Crippen LogP contribution in [0.5, 0.6) is 0 Å². The van der Waals surface area contributed by atoms with Gasteiger partial charge in [0.2, 0.25) is 0 Å². The number of hydrogen-bond donors (Lipinski definition) is 0. The van der Waals surface area contributed by atoms with Gasteiger partial charge in [0.05, 0.1) is 8.07 Å². The number of benzene rings is 1. The van der Waals surface area contributed by atoms with E-state index in [1.807, 2.05) is 11.3 Å². The van der Waals surface area contributed by atoms with Crippen LogP contribution < -0.4 is 5.19 Å². The third kappa shape index (κ3) is 4.06. The van der Waals surface area contributed by atoms with E-state index in [2.05, 4.69) is 66.3 Å². The van der Waals surface area contributed by atoms with Crippen LogP contribution in [0.2, 0.25) is 19.6 Å². The predicted molar refractivity (Wildman–Crippen MR) is 96.0 cm³/mol. The summed E-state index contributed by atoms with van der Waals surface area (Å²) >= 11 is 1.88. The molecule has 0 bridgehead atoms. The van der Waals surface area contributed by atoms with Crippen molar-refractivity contribution in [2.75, 3.05) is 0 Å². The highest BCUT2D eigenvalue weighted by Gasteiger charge is 2.29. The van der Waals surface area contributed by atoms with Gasteiger partial charge in [0.1, 0.15) is 0 Å². The van der Waals surface area contributed by atoms with Gasteiger partial charge in [0.25, 0.3) is 0 Å². The minimum Gasteiger partial charge on any atom is -0.291 e. The molecule has 0 N–H and O–H groups in total. The number of nitrogens with zero attached hydrogens (tertiary/aromatic N) is 1. The monoisotopic (exact) mass is 315 g/mol. The van der Waals surface area contributed by atoms with E-state index in [9.17, 15) is 0 Å². The van der Waals surface area contributed by atoms with E-state index >= 15 is 0 Å². The summed E-state index contributed by atoms with van der Waals surface area (Å²) < 4.78 is 0. The highest BCUT2D eigenvalue weighted by atomic mass is 32.1. The van der Waals surface area contributed by atoms with E-state index < -0.39 is 8.07 Å². The normalized spacial score (nSPS) is 15.6. The van der Waals surface area contributed by atoms with E-state index in [-0.39, 0.29) is 0 Å². The van der Waals surface area contributed by atoms with Crippen molar-refractivity contribution < 1.29 is 0 Å². The molecular formula is C18H25NSSi. The van der Waals surface area contributed by atoms with Crippen molar-refractivity contribution in [1.29, 1.82) is 0 Å². The van der Waals surface area contributed by atoms with Crippen LogP contribution in [-0.4, -0.2) is 19.0 Å². The molecule has 1 aromatic carbocycles. The van der Waals surface area contributed by atoms with Crippen LogP contribution in [0.3, 0.4) is 0 Å². The van der Waals surface area contributed by atoms with Gasteiger partial charge in [-0.15, -0.1) is 11.3 Å². The molecule has 0 atom stereocenters. The van der Waals surface area contributed by atoms with E-state index in [0.29, 0.717) is 0 Å². The third-order valence-corrected chi connectivity index (χ3v) is 7.13. The molecule has 0 unspecified atom stereocenters. The van der Waals surface area contributed by atoms with Gasteiger partial charge >= 0.3 is 0 Å². The lowest BCUT2D eigenvalue weighted by Crippen LogP contribution is -2.37. The Kier molecular flexibility index (Phi) is 4.34. The average molecular weight is 316 g/mol. The van der Waals surface area contributed by atoms with Crippen LogP contribution in [-0.2, 0) is 13.1 Å². The molecule has 0 spiro atoms. The Morgan fingerprint density at radius 1 is 1.05 bits per heavy atom. The zero-order chi connectivity index (χ0) is 14.9. The van der Waals surface area contributed by atoms with E-state index in [4.69, 9.17) is 0 Å². The zero-order valence-corrected chi connectivity index (χ0v) is 15.1. The second-order valence-electron chi connectivity index (χ2n) is 7.16. The lowest BCUT2D eigenvalue weighted by molar-refractivity contribution is 0.248. The Hall–Kier alpha value is -0.903. The molecule has 1 aromatic heterocycles. The van der Waals surface area contributed by atoms with Crippen molar-refractivity contribution in [3.05, 3.63) is 52.2 Å². The maximum atomic E-state index is 2.65. The van der Waals surface area contributed by atoms with Crippen molar-refractivity contribution in [3.63, 3.8) is 0 Å². The molecule has 0 aliphatic heterocycles. The SMILES string of the molecule is C[Si](C)(C)c1ccc(CN(Cc2cccs2)C2CC2)cc1. The van der Waals surface area contributed by atoms with Gasteiger partial charge in [-0.3, -0.25) is 4.90 Å². The van der Waals surface area contributed by atoms with Gasteiger partial charge in [-0.1, -0.05) is 55.2 Å². The van der Waals surface area contributed by atoms with Crippen LogP contribution in [0.1, 0.15) is 23.3 Å². The maximum Gasteiger partial charge on any atom is 0.0775 e. The molecule has 1 saturated carbocycles. The first-order valence-electron chi connectivity index (χ1n) is 7.88. The van der Waals surface area contributed by atoms with Crippen molar-refractivity contribution in [3.8, 4) is 0 Å². The first kappa shape index (κ1) is 15.0. The molecule has 21 heavy (non-hydrogen) atoms. The molecule has 1 nitrogen and oxygen atoms in total. The highest BCUT2D eigenvalue weighted by molar-refractivity contribution is 7.09. The second kappa shape index (κ2) is 6.07. The molecule has 112 valence electrons. The lowest BCUT2D eigenvalue weighted by atomic mass is 10.2. The van der Waals surface area contributed by atoms with Crippen molar-refractivity contribution in [2.45, 2.75) is 51.6 Å². The fourth-order valence-electron chi connectivity index (χ4n) is 2.70. The third-order valence-electron chi connectivity index (χ3n) is 4.21. The molecule has 2 aromatic rings. The number of hydrogen-bond acceptors (Lipinski definition) is 2. The van der Waals surface area contributed by atoms with E-state index in [1.54, 1.807) is 5.19 Å². The first-order valence-corrected chi connectivity index (χ1v) is 12.3. The Morgan fingerprint density at radius 2 is 1.76 bits per heavy atom. The summed E-state index contributed by atoms with van der Waals surface area (Å²) in [6.07, 6.45) is 2.75. The molecule has 0 saturated heterocycles. The first-order chi connectivity index (χ1) is 10.0. The topological polar surface area (TPSA) is 3.24 Å². The second-order valence-corrected chi connectivity index (χ2v) is 13.3. The van der Waals surface area contributed by atoms with Crippen LogP contribution in [0, 0.1) is 0 Å². The summed E-state index contributed by atoms with van der Waals surface area (Å²) in [6, 6.07) is 14.6. The van der Waals surface area contributed by atoms with Gasteiger partial charge in [-0.05, 0) is 29.9 Å². The Bertz CT molecular complexity index is 564. The van der Waals surface area contributed by atoms with Crippen LogP contribution >= 0.6 is 11.3 Å².